The Labute approximate surface area is 162 Å². The van der Waals surface area contributed by atoms with Crippen molar-refractivity contribution in [2.24, 2.45) is 0 Å². The third-order valence-corrected chi connectivity index (χ3v) is 5.36. The van der Waals surface area contributed by atoms with Crippen LogP contribution < -0.4 is 4.74 Å². The number of hydrogen-bond acceptors (Lipinski definition) is 5. The lowest BCUT2D eigenvalue weighted by Gasteiger charge is -2.19. The van der Waals surface area contributed by atoms with E-state index in [1.54, 1.807) is 0 Å². The normalized spacial score (nSPS) is 17.3. The minimum absolute atomic E-state index is 0.121. The molecular formula is C20H20ClN5O. The molecule has 3 heterocycles. The first-order valence-electron chi connectivity index (χ1n) is 9.03. The molecule has 0 spiro atoms. The average Bonchev–Trinajstić information content (AvgIpc) is 3.27. The van der Waals surface area contributed by atoms with Crippen molar-refractivity contribution in [3.8, 4) is 23.1 Å². The summed E-state index contributed by atoms with van der Waals surface area (Å²) in [6.07, 6.45) is 6.84. The van der Waals surface area contributed by atoms with Crippen LogP contribution in [0.2, 0.25) is 5.28 Å². The maximum atomic E-state index is 9.32. The van der Waals surface area contributed by atoms with Gasteiger partial charge in [-0.05, 0) is 56.6 Å². The van der Waals surface area contributed by atoms with E-state index >= 15 is 0 Å². The third-order valence-electron chi connectivity index (χ3n) is 5.18. The van der Waals surface area contributed by atoms with Gasteiger partial charge < -0.3 is 14.6 Å². The number of halogens is 1. The number of aromatic amines is 1. The zero-order chi connectivity index (χ0) is 18.8. The Morgan fingerprint density at radius 1 is 1.44 bits per heavy atom. The molecule has 0 aliphatic carbocycles. The van der Waals surface area contributed by atoms with Crippen LogP contribution in [0.4, 0.5) is 0 Å². The van der Waals surface area contributed by atoms with E-state index in [1.807, 2.05) is 24.4 Å². The van der Waals surface area contributed by atoms with Gasteiger partial charge in [-0.25, -0.2) is 9.97 Å². The van der Waals surface area contributed by atoms with Gasteiger partial charge in [0.1, 0.15) is 11.8 Å². The summed E-state index contributed by atoms with van der Waals surface area (Å²) >= 11 is 5.92. The predicted octanol–water partition coefficient (Wildman–Crippen LogP) is 4.01. The first-order valence-corrected chi connectivity index (χ1v) is 9.40. The number of aromatic nitrogens is 3. The van der Waals surface area contributed by atoms with Gasteiger partial charge in [0, 0.05) is 34.8 Å². The summed E-state index contributed by atoms with van der Waals surface area (Å²) in [6, 6.07) is 8.65. The maximum Gasteiger partial charge on any atom is 0.222 e. The topological polar surface area (TPSA) is 77.8 Å². The SMILES string of the molecule is CN1CCCC1CCOc1ccc2c(-c3nc(Cl)ncc3C#N)c[nH]c2c1. The van der Waals surface area contributed by atoms with Crippen LogP contribution in [0.3, 0.4) is 0 Å². The van der Waals surface area contributed by atoms with Crippen molar-refractivity contribution < 1.29 is 4.74 Å². The van der Waals surface area contributed by atoms with Gasteiger partial charge in [0.2, 0.25) is 5.28 Å². The van der Waals surface area contributed by atoms with Crippen LogP contribution in [-0.4, -0.2) is 46.1 Å². The van der Waals surface area contributed by atoms with E-state index in [-0.39, 0.29) is 5.28 Å². The van der Waals surface area contributed by atoms with Crippen LogP contribution in [0.25, 0.3) is 22.2 Å². The van der Waals surface area contributed by atoms with Gasteiger partial charge in [-0.2, -0.15) is 5.26 Å². The van der Waals surface area contributed by atoms with Crippen molar-refractivity contribution in [1.29, 1.82) is 5.26 Å². The van der Waals surface area contributed by atoms with Crippen molar-refractivity contribution in [2.45, 2.75) is 25.3 Å². The van der Waals surface area contributed by atoms with Crippen molar-refractivity contribution in [2.75, 3.05) is 20.2 Å². The minimum atomic E-state index is 0.121. The predicted molar refractivity (Wildman–Crippen MR) is 105 cm³/mol. The summed E-state index contributed by atoms with van der Waals surface area (Å²) in [5.74, 6) is 0.831. The summed E-state index contributed by atoms with van der Waals surface area (Å²) in [6.45, 7) is 1.88. The Balaban J connectivity index is 1.54. The number of H-pyrrole nitrogens is 1. The van der Waals surface area contributed by atoms with Gasteiger partial charge in [-0.3, -0.25) is 0 Å². The van der Waals surface area contributed by atoms with Crippen LogP contribution in [0.15, 0.2) is 30.6 Å². The highest BCUT2D eigenvalue weighted by molar-refractivity contribution is 6.28. The number of fused-ring (bicyclic) bond motifs is 1. The van der Waals surface area contributed by atoms with Crippen molar-refractivity contribution in [1.82, 2.24) is 19.9 Å². The number of ether oxygens (including phenoxy) is 1. The molecule has 0 amide bonds. The molecule has 0 radical (unpaired) electrons. The van der Waals surface area contributed by atoms with Crippen LogP contribution in [0, 0.1) is 11.3 Å². The van der Waals surface area contributed by atoms with Crippen LogP contribution >= 0.6 is 11.6 Å². The molecule has 6 nitrogen and oxygen atoms in total. The van der Waals surface area contributed by atoms with E-state index in [9.17, 15) is 5.26 Å². The standard InChI is InChI=1S/C20H20ClN5O/c1-26-7-2-3-14(26)6-8-27-15-4-5-16-17(12-23-18(16)9-15)19-13(10-22)11-24-20(21)25-19/h4-5,9,11-12,14,23H,2-3,6-8H2,1H3. The molecule has 1 aliphatic rings. The molecule has 7 heteroatoms. The Hall–Kier alpha value is -2.62. The molecule has 2 aromatic heterocycles. The van der Waals surface area contributed by atoms with Crippen molar-refractivity contribution in [3.63, 3.8) is 0 Å². The number of likely N-dealkylation sites (tertiary alicyclic amines) is 1. The first kappa shape index (κ1) is 17.8. The Kier molecular flexibility index (Phi) is 4.97. The van der Waals surface area contributed by atoms with Gasteiger partial charge in [-0.15, -0.1) is 0 Å². The summed E-state index contributed by atoms with van der Waals surface area (Å²) in [4.78, 5) is 13.8. The van der Waals surface area contributed by atoms with Crippen LogP contribution in [-0.2, 0) is 0 Å². The molecule has 1 saturated heterocycles. The lowest BCUT2D eigenvalue weighted by atomic mass is 10.1. The second-order valence-corrected chi connectivity index (χ2v) is 7.17. The number of hydrogen-bond donors (Lipinski definition) is 1. The molecule has 1 fully saturated rings. The van der Waals surface area contributed by atoms with Gasteiger partial charge >= 0.3 is 0 Å². The Bertz CT molecular complexity index is 1010. The van der Waals surface area contributed by atoms with E-state index in [0.29, 0.717) is 23.9 Å². The summed E-state index contributed by atoms with van der Waals surface area (Å²) in [5, 5.41) is 10.4. The summed E-state index contributed by atoms with van der Waals surface area (Å²) in [5.41, 5.74) is 2.67. The molecule has 27 heavy (non-hydrogen) atoms. The number of nitrogens with one attached hydrogen (secondary N) is 1. The maximum absolute atomic E-state index is 9.32. The lowest BCUT2D eigenvalue weighted by Crippen LogP contribution is -2.26. The second-order valence-electron chi connectivity index (χ2n) is 6.84. The fraction of sp³-hybridized carbons (Fsp3) is 0.350. The highest BCUT2D eigenvalue weighted by Crippen LogP contribution is 2.32. The smallest absolute Gasteiger partial charge is 0.222 e. The molecule has 4 rings (SSSR count). The minimum Gasteiger partial charge on any atom is -0.493 e. The van der Waals surface area contributed by atoms with E-state index in [4.69, 9.17) is 16.3 Å². The van der Waals surface area contributed by atoms with E-state index in [1.165, 1.54) is 25.6 Å². The van der Waals surface area contributed by atoms with Gasteiger partial charge in [0.25, 0.3) is 0 Å². The van der Waals surface area contributed by atoms with Gasteiger partial charge in [0.05, 0.1) is 24.1 Å². The zero-order valence-electron chi connectivity index (χ0n) is 15.1. The first-order chi connectivity index (χ1) is 13.2. The summed E-state index contributed by atoms with van der Waals surface area (Å²) < 4.78 is 5.96. The fourth-order valence-electron chi connectivity index (χ4n) is 3.70. The highest BCUT2D eigenvalue weighted by Gasteiger charge is 2.20. The molecule has 0 saturated carbocycles. The van der Waals surface area contributed by atoms with E-state index < -0.39 is 0 Å². The highest BCUT2D eigenvalue weighted by atomic mass is 35.5. The molecule has 1 atom stereocenters. The summed E-state index contributed by atoms with van der Waals surface area (Å²) in [7, 11) is 2.18. The van der Waals surface area contributed by atoms with Crippen LogP contribution in [0.1, 0.15) is 24.8 Å². The number of benzene rings is 1. The average molecular weight is 382 g/mol. The van der Waals surface area contributed by atoms with Gasteiger partial charge in [-0.1, -0.05) is 0 Å². The molecule has 138 valence electrons. The van der Waals surface area contributed by atoms with Crippen molar-refractivity contribution in [3.05, 3.63) is 41.4 Å². The number of rotatable bonds is 5. The number of nitrogens with zero attached hydrogens (tertiary/aromatic N) is 4. The zero-order valence-corrected chi connectivity index (χ0v) is 15.8. The molecule has 1 aromatic carbocycles. The molecule has 3 aromatic rings. The van der Waals surface area contributed by atoms with E-state index in [0.717, 1.165) is 28.6 Å². The molecule has 1 aliphatic heterocycles. The Morgan fingerprint density at radius 3 is 3.11 bits per heavy atom. The fourth-order valence-corrected chi connectivity index (χ4v) is 3.83. The third kappa shape index (κ3) is 3.61. The van der Waals surface area contributed by atoms with Crippen molar-refractivity contribution >= 4 is 22.5 Å². The monoisotopic (exact) mass is 381 g/mol. The van der Waals surface area contributed by atoms with Crippen LogP contribution in [0.5, 0.6) is 5.75 Å². The lowest BCUT2D eigenvalue weighted by molar-refractivity contribution is 0.233. The van der Waals surface area contributed by atoms with E-state index in [2.05, 4.69) is 33.0 Å². The number of nitriles is 1. The molecule has 1 N–H and O–H groups in total. The molecule has 1 unspecified atom stereocenters. The van der Waals surface area contributed by atoms with Gasteiger partial charge in [0.15, 0.2) is 0 Å². The molecular weight excluding hydrogens is 362 g/mol. The quantitative estimate of drug-likeness (QED) is 0.675. The Morgan fingerprint density at radius 2 is 2.33 bits per heavy atom. The largest absolute Gasteiger partial charge is 0.493 e. The molecule has 0 bridgehead atoms. The second kappa shape index (κ2) is 7.55.